The second-order valence-corrected chi connectivity index (χ2v) is 7.59. The van der Waals surface area contributed by atoms with Gasteiger partial charge in [0.2, 0.25) is 0 Å². The molecule has 1 atom stereocenters. The summed E-state index contributed by atoms with van der Waals surface area (Å²) < 4.78 is 0. The predicted octanol–water partition coefficient (Wildman–Crippen LogP) is 4.97. The molecule has 28 heavy (non-hydrogen) atoms. The molecular formula is C22H21Cl2N3O. The molecule has 3 aromatic rings. The van der Waals surface area contributed by atoms with Crippen LogP contribution in [0.1, 0.15) is 33.2 Å². The number of hydrogen-bond acceptors (Lipinski definition) is 3. The van der Waals surface area contributed by atoms with E-state index in [2.05, 4.69) is 15.2 Å². The summed E-state index contributed by atoms with van der Waals surface area (Å²) in [6.45, 7) is 0.804. The van der Waals surface area contributed by atoms with E-state index in [0.717, 1.165) is 23.4 Å². The van der Waals surface area contributed by atoms with Crippen molar-refractivity contribution in [2.75, 3.05) is 14.1 Å². The fourth-order valence-corrected chi connectivity index (χ4v) is 3.19. The van der Waals surface area contributed by atoms with Crippen LogP contribution in [0.15, 0.2) is 66.9 Å². The van der Waals surface area contributed by atoms with Gasteiger partial charge < -0.3 is 10.2 Å². The number of carbonyl (C=O) groups is 1. The summed E-state index contributed by atoms with van der Waals surface area (Å²) in [5.74, 6) is -0.244. The Labute approximate surface area is 175 Å². The van der Waals surface area contributed by atoms with Crippen LogP contribution in [0.2, 0.25) is 10.0 Å². The van der Waals surface area contributed by atoms with Gasteiger partial charge in [-0.1, -0.05) is 59.6 Å². The summed E-state index contributed by atoms with van der Waals surface area (Å²) in [5, 5.41) is 3.82. The Morgan fingerprint density at radius 2 is 1.79 bits per heavy atom. The lowest BCUT2D eigenvalue weighted by molar-refractivity contribution is 0.0942. The molecule has 0 saturated heterocycles. The van der Waals surface area contributed by atoms with Crippen LogP contribution in [-0.4, -0.2) is 29.9 Å². The number of carbonyl (C=O) groups excluding carboxylic acids is 1. The average molecular weight is 414 g/mol. The summed E-state index contributed by atoms with van der Waals surface area (Å²) in [6, 6.07) is 18.2. The van der Waals surface area contributed by atoms with Gasteiger partial charge >= 0.3 is 0 Å². The van der Waals surface area contributed by atoms with Gasteiger partial charge in [0, 0.05) is 18.3 Å². The molecule has 0 radical (unpaired) electrons. The fraction of sp³-hybridized carbons (Fsp3) is 0.182. The lowest BCUT2D eigenvalue weighted by atomic mass is 10.0. The van der Waals surface area contributed by atoms with Crippen molar-refractivity contribution in [2.45, 2.75) is 12.6 Å². The van der Waals surface area contributed by atoms with E-state index in [0.29, 0.717) is 15.6 Å². The van der Waals surface area contributed by atoms with E-state index in [9.17, 15) is 4.79 Å². The first-order valence-electron chi connectivity index (χ1n) is 8.84. The maximum absolute atomic E-state index is 12.8. The molecule has 0 spiro atoms. The molecule has 0 aliphatic carbocycles. The summed E-state index contributed by atoms with van der Waals surface area (Å²) in [5.41, 5.74) is 3.27. The van der Waals surface area contributed by atoms with E-state index in [1.54, 1.807) is 18.2 Å². The van der Waals surface area contributed by atoms with Gasteiger partial charge in [0.15, 0.2) is 0 Å². The number of pyridine rings is 1. The molecule has 0 aliphatic heterocycles. The SMILES string of the molecule is CN(C)Cc1ccc([C@@H](NC(=O)c2ccc(Cl)c(Cl)c2)c2ccccc2)nc1. The lowest BCUT2D eigenvalue weighted by Gasteiger charge is -2.20. The summed E-state index contributed by atoms with van der Waals surface area (Å²) in [7, 11) is 4.02. The number of benzene rings is 2. The Kier molecular flexibility index (Phi) is 6.68. The summed E-state index contributed by atoms with van der Waals surface area (Å²) >= 11 is 12.0. The maximum atomic E-state index is 12.8. The molecule has 0 fully saturated rings. The molecule has 3 rings (SSSR count). The highest BCUT2D eigenvalue weighted by Crippen LogP contribution is 2.25. The van der Waals surface area contributed by atoms with E-state index in [1.807, 2.05) is 62.8 Å². The third kappa shape index (κ3) is 5.10. The second kappa shape index (κ2) is 9.20. The van der Waals surface area contributed by atoms with Crippen molar-refractivity contribution in [1.29, 1.82) is 0 Å². The normalized spacial score (nSPS) is 12.0. The highest BCUT2D eigenvalue weighted by molar-refractivity contribution is 6.42. The van der Waals surface area contributed by atoms with Crippen molar-refractivity contribution in [3.8, 4) is 0 Å². The monoisotopic (exact) mass is 413 g/mol. The molecule has 6 heteroatoms. The van der Waals surface area contributed by atoms with Crippen molar-refractivity contribution in [3.63, 3.8) is 0 Å². The van der Waals surface area contributed by atoms with E-state index in [1.165, 1.54) is 0 Å². The number of amides is 1. The van der Waals surface area contributed by atoms with E-state index in [4.69, 9.17) is 23.2 Å². The minimum atomic E-state index is -0.378. The third-order valence-corrected chi connectivity index (χ3v) is 4.97. The van der Waals surface area contributed by atoms with Crippen molar-refractivity contribution < 1.29 is 4.79 Å². The number of nitrogens with zero attached hydrogens (tertiary/aromatic N) is 2. The van der Waals surface area contributed by atoms with Crippen molar-refractivity contribution in [2.24, 2.45) is 0 Å². The van der Waals surface area contributed by atoms with Crippen LogP contribution in [-0.2, 0) is 6.54 Å². The van der Waals surface area contributed by atoms with E-state index < -0.39 is 0 Å². The van der Waals surface area contributed by atoms with Gasteiger partial charge in [-0.15, -0.1) is 0 Å². The molecule has 2 aromatic carbocycles. The standard InChI is InChI=1S/C22H21Cl2N3O/c1-27(2)14-15-8-11-20(25-13-15)21(16-6-4-3-5-7-16)26-22(28)17-9-10-18(23)19(24)12-17/h3-13,21H,14H2,1-2H3,(H,26,28)/t21-/m0/s1. The number of rotatable bonds is 6. The van der Waals surface area contributed by atoms with Gasteiger partial charge in [-0.25, -0.2) is 0 Å². The molecular weight excluding hydrogens is 393 g/mol. The van der Waals surface area contributed by atoms with Gasteiger partial charge in [0.05, 0.1) is 21.8 Å². The minimum absolute atomic E-state index is 0.244. The highest BCUT2D eigenvalue weighted by Gasteiger charge is 2.19. The first-order chi connectivity index (χ1) is 13.4. The molecule has 1 aromatic heterocycles. The second-order valence-electron chi connectivity index (χ2n) is 6.78. The molecule has 1 N–H and O–H groups in total. The minimum Gasteiger partial charge on any atom is -0.340 e. The van der Waals surface area contributed by atoms with Crippen LogP contribution in [0.25, 0.3) is 0 Å². The van der Waals surface area contributed by atoms with Crippen LogP contribution in [0, 0.1) is 0 Å². The van der Waals surface area contributed by atoms with Crippen molar-refractivity contribution >= 4 is 29.1 Å². The largest absolute Gasteiger partial charge is 0.340 e. The van der Waals surface area contributed by atoms with Gasteiger partial charge in [0.25, 0.3) is 5.91 Å². The molecule has 0 saturated carbocycles. The first kappa shape index (κ1) is 20.3. The van der Waals surface area contributed by atoms with Gasteiger partial charge in [0.1, 0.15) is 0 Å². The molecule has 1 amide bonds. The Hall–Kier alpha value is -2.40. The van der Waals surface area contributed by atoms with E-state index >= 15 is 0 Å². The Morgan fingerprint density at radius 1 is 1.04 bits per heavy atom. The quantitative estimate of drug-likeness (QED) is 0.620. The van der Waals surface area contributed by atoms with Crippen LogP contribution >= 0.6 is 23.2 Å². The lowest BCUT2D eigenvalue weighted by Crippen LogP contribution is -2.30. The predicted molar refractivity (Wildman–Crippen MR) is 114 cm³/mol. The van der Waals surface area contributed by atoms with Crippen molar-refractivity contribution in [3.05, 3.63) is 99.3 Å². The number of hydrogen-bond donors (Lipinski definition) is 1. The van der Waals surface area contributed by atoms with Gasteiger partial charge in [-0.05, 0) is 49.5 Å². The number of halogens is 2. The smallest absolute Gasteiger partial charge is 0.252 e. The maximum Gasteiger partial charge on any atom is 0.252 e. The van der Waals surface area contributed by atoms with Crippen LogP contribution in [0.4, 0.5) is 0 Å². The van der Waals surface area contributed by atoms with Crippen LogP contribution < -0.4 is 5.32 Å². The zero-order valence-electron chi connectivity index (χ0n) is 15.7. The topological polar surface area (TPSA) is 45.2 Å². The van der Waals surface area contributed by atoms with Gasteiger partial charge in [-0.3, -0.25) is 9.78 Å². The van der Waals surface area contributed by atoms with E-state index in [-0.39, 0.29) is 11.9 Å². The Bertz CT molecular complexity index is 944. The summed E-state index contributed by atoms with van der Waals surface area (Å²) in [6.07, 6.45) is 1.84. The third-order valence-electron chi connectivity index (χ3n) is 4.23. The van der Waals surface area contributed by atoms with Crippen LogP contribution in [0.3, 0.4) is 0 Å². The zero-order chi connectivity index (χ0) is 20.1. The molecule has 1 heterocycles. The van der Waals surface area contributed by atoms with Crippen molar-refractivity contribution in [1.82, 2.24) is 15.2 Å². The average Bonchev–Trinajstić information content (AvgIpc) is 2.69. The summed E-state index contributed by atoms with van der Waals surface area (Å²) in [4.78, 5) is 19.5. The van der Waals surface area contributed by atoms with Gasteiger partial charge in [-0.2, -0.15) is 0 Å². The number of aromatic nitrogens is 1. The number of nitrogens with one attached hydrogen (secondary N) is 1. The zero-order valence-corrected chi connectivity index (χ0v) is 17.2. The molecule has 0 aliphatic rings. The first-order valence-corrected chi connectivity index (χ1v) is 9.60. The molecule has 0 bridgehead atoms. The molecule has 144 valence electrons. The Morgan fingerprint density at radius 3 is 2.39 bits per heavy atom. The fourth-order valence-electron chi connectivity index (χ4n) is 2.89. The Balaban J connectivity index is 1.89. The van der Waals surface area contributed by atoms with Crippen LogP contribution in [0.5, 0.6) is 0 Å². The molecule has 0 unspecified atom stereocenters. The highest BCUT2D eigenvalue weighted by atomic mass is 35.5. The molecule has 4 nitrogen and oxygen atoms in total.